The first-order valence-electron chi connectivity index (χ1n) is 6.36. The van der Waals surface area contributed by atoms with E-state index >= 15 is 0 Å². The number of hydrogen-bond acceptors (Lipinski definition) is 3. The highest BCUT2D eigenvalue weighted by atomic mass is 79.9. The van der Waals surface area contributed by atoms with Crippen LogP contribution >= 0.6 is 27.3 Å². The monoisotopic (exact) mass is 371 g/mol. The normalized spacial score (nSPS) is 14.3. The first-order chi connectivity index (χ1) is 9.45. The Morgan fingerprint density at radius 2 is 1.95 bits per heavy atom. The number of halogens is 1. The number of nitrogens with one attached hydrogen (secondary N) is 1. The Kier molecular flexibility index (Phi) is 3.64. The number of thiophene rings is 1. The molecule has 20 heavy (non-hydrogen) atoms. The highest BCUT2D eigenvalue weighted by molar-refractivity contribution is 9.11. The van der Waals surface area contributed by atoms with E-state index in [2.05, 4.69) is 20.7 Å². The standard InChI is InChI=1S/C14H14BrNO2S2/c1-9-13(8-14(15)19-9)20(17,18)16-12-6-5-10-3-2-4-11(10)7-12/h5-8,16H,2-4H2,1H3. The fourth-order valence-corrected chi connectivity index (χ4v) is 6.01. The van der Waals surface area contributed by atoms with Crippen LogP contribution in [0.15, 0.2) is 32.9 Å². The van der Waals surface area contributed by atoms with E-state index in [0.29, 0.717) is 10.6 Å². The molecule has 106 valence electrons. The number of fused-ring (bicyclic) bond motifs is 1. The molecule has 1 N–H and O–H groups in total. The van der Waals surface area contributed by atoms with Crippen LogP contribution in [0.4, 0.5) is 5.69 Å². The maximum atomic E-state index is 12.4. The van der Waals surface area contributed by atoms with Gasteiger partial charge in [-0.3, -0.25) is 4.72 Å². The van der Waals surface area contributed by atoms with E-state index in [9.17, 15) is 8.42 Å². The molecule has 1 heterocycles. The molecule has 0 saturated carbocycles. The van der Waals surface area contributed by atoms with E-state index < -0.39 is 10.0 Å². The van der Waals surface area contributed by atoms with Gasteiger partial charge in [0, 0.05) is 10.6 Å². The first-order valence-corrected chi connectivity index (χ1v) is 9.45. The smallest absolute Gasteiger partial charge is 0.263 e. The molecule has 0 bridgehead atoms. The van der Waals surface area contributed by atoms with Gasteiger partial charge in [0.05, 0.1) is 3.79 Å². The Hall–Kier alpha value is -0.850. The van der Waals surface area contributed by atoms with Crippen LogP contribution in [0.2, 0.25) is 0 Å². The van der Waals surface area contributed by atoms with Crippen molar-refractivity contribution in [1.82, 2.24) is 0 Å². The average molecular weight is 372 g/mol. The Labute approximate surface area is 131 Å². The van der Waals surface area contributed by atoms with Gasteiger partial charge in [-0.15, -0.1) is 11.3 Å². The predicted octanol–water partition coefficient (Wildman–Crippen LogP) is 4.11. The van der Waals surface area contributed by atoms with Gasteiger partial charge in [0.15, 0.2) is 0 Å². The van der Waals surface area contributed by atoms with Crippen molar-refractivity contribution < 1.29 is 8.42 Å². The summed E-state index contributed by atoms with van der Waals surface area (Å²) in [5, 5.41) is 0. The van der Waals surface area contributed by atoms with Crippen molar-refractivity contribution >= 4 is 43.0 Å². The molecule has 3 nitrogen and oxygen atoms in total. The van der Waals surface area contributed by atoms with Gasteiger partial charge in [-0.05, 0) is 71.4 Å². The van der Waals surface area contributed by atoms with Gasteiger partial charge < -0.3 is 0 Å². The van der Waals surface area contributed by atoms with Crippen LogP contribution < -0.4 is 4.72 Å². The summed E-state index contributed by atoms with van der Waals surface area (Å²) in [7, 11) is -3.51. The Morgan fingerprint density at radius 1 is 1.20 bits per heavy atom. The summed E-state index contributed by atoms with van der Waals surface area (Å²) < 4.78 is 28.3. The SMILES string of the molecule is Cc1sc(Br)cc1S(=O)(=O)Nc1ccc2c(c1)CCC2. The molecular formula is C14H14BrNO2S2. The topological polar surface area (TPSA) is 46.2 Å². The van der Waals surface area contributed by atoms with Crippen LogP contribution in [-0.2, 0) is 22.9 Å². The van der Waals surface area contributed by atoms with Gasteiger partial charge in [0.1, 0.15) is 4.90 Å². The third-order valence-corrected chi connectivity index (χ3v) is 6.67. The minimum atomic E-state index is -3.51. The molecule has 3 rings (SSSR count). The van der Waals surface area contributed by atoms with Crippen LogP contribution in [0.3, 0.4) is 0 Å². The van der Waals surface area contributed by atoms with Crippen molar-refractivity contribution in [3.8, 4) is 0 Å². The maximum absolute atomic E-state index is 12.4. The lowest BCUT2D eigenvalue weighted by Crippen LogP contribution is -2.13. The molecule has 1 aliphatic rings. The van der Waals surface area contributed by atoms with Gasteiger partial charge >= 0.3 is 0 Å². The molecule has 1 aliphatic carbocycles. The number of hydrogen-bond donors (Lipinski definition) is 1. The molecule has 0 aliphatic heterocycles. The molecule has 0 radical (unpaired) electrons. The molecule has 6 heteroatoms. The lowest BCUT2D eigenvalue weighted by molar-refractivity contribution is 0.601. The molecule has 0 amide bonds. The molecule has 2 aromatic rings. The summed E-state index contributed by atoms with van der Waals surface area (Å²) in [6, 6.07) is 7.47. The van der Waals surface area contributed by atoms with Crippen LogP contribution in [0, 0.1) is 6.92 Å². The fourth-order valence-electron chi connectivity index (χ4n) is 2.54. The number of anilines is 1. The zero-order valence-electron chi connectivity index (χ0n) is 10.9. The van der Waals surface area contributed by atoms with Gasteiger partial charge in [0.2, 0.25) is 0 Å². The molecule has 0 atom stereocenters. The highest BCUT2D eigenvalue weighted by Gasteiger charge is 2.20. The van der Waals surface area contributed by atoms with Gasteiger partial charge in [-0.2, -0.15) is 0 Å². The first kappa shape index (κ1) is 14.1. The fraction of sp³-hybridized carbons (Fsp3) is 0.286. The van der Waals surface area contributed by atoms with Crippen molar-refractivity contribution in [3.05, 3.63) is 44.1 Å². The molecule has 1 aromatic carbocycles. The molecule has 0 fully saturated rings. The average Bonchev–Trinajstić information content (AvgIpc) is 2.94. The molecular weight excluding hydrogens is 358 g/mol. The largest absolute Gasteiger partial charge is 0.280 e. The summed E-state index contributed by atoms with van der Waals surface area (Å²) in [5.41, 5.74) is 3.24. The second kappa shape index (κ2) is 5.16. The summed E-state index contributed by atoms with van der Waals surface area (Å²) in [4.78, 5) is 1.13. The number of sulfonamides is 1. The molecule has 0 unspecified atom stereocenters. The second-order valence-electron chi connectivity index (χ2n) is 4.91. The summed E-state index contributed by atoms with van der Waals surface area (Å²) in [6.45, 7) is 1.81. The van der Waals surface area contributed by atoms with Crippen molar-refractivity contribution in [1.29, 1.82) is 0 Å². The van der Waals surface area contributed by atoms with E-state index in [1.165, 1.54) is 22.5 Å². The van der Waals surface area contributed by atoms with Crippen molar-refractivity contribution in [2.45, 2.75) is 31.1 Å². The third-order valence-electron chi connectivity index (χ3n) is 3.48. The molecule has 1 aromatic heterocycles. The number of rotatable bonds is 3. The highest BCUT2D eigenvalue weighted by Crippen LogP contribution is 2.31. The summed E-state index contributed by atoms with van der Waals surface area (Å²) in [5.74, 6) is 0. The van der Waals surface area contributed by atoms with Crippen molar-refractivity contribution in [2.75, 3.05) is 4.72 Å². The minimum absolute atomic E-state index is 0.342. The van der Waals surface area contributed by atoms with E-state index in [-0.39, 0.29) is 0 Å². The minimum Gasteiger partial charge on any atom is -0.280 e. The Balaban J connectivity index is 1.92. The van der Waals surface area contributed by atoms with Crippen LogP contribution in [0.5, 0.6) is 0 Å². The molecule has 0 spiro atoms. The maximum Gasteiger partial charge on any atom is 0.263 e. The zero-order valence-corrected chi connectivity index (χ0v) is 14.2. The zero-order chi connectivity index (χ0) is 14.3. The van der Waals surface area contributed by atoms with Crippen LogP contribution in [-0.4, -0.2) is 8.42 Å². The summed E-state index contributed by atoms with van der Waals surface area (Å²) in [6.07, 6.45) is 3.29. The van der Waals surface area contributed by atoms with Gasteiger partial charge in [-0.25, -0.2) is 8.42 Å². The van der Waals surface area contributed by atoms with Crippen molar-refractivity contribution in [3.63, 3.8) is 0 Å². The van der Waals surface area contributed by atoms with Crippen LogP contribution in [0.1, 0.15) is 22.4 Å². The third kappa shape index (κ3) is 2.64. The molecule has 0 saturated heterocycles. The Bertz CT molecular complexity index is 765. The van der Waals surface area contributed by atoms with E-state index in [4.69, 9.17) is 0 Å². The quantitative estimate of drug-likeness (QED) is 0.882. The van der Waals surface area contributed by atoms with E-state index in [1.54, 1.807) is 6.07 Å². The van der Waals surface area contributed by atoms with E-state index in [0.717, 1.165) is 27.9 Å². The van der Waals surface area contributed by atoms with Gasteiger partial charge in [-0.1, -0.05) is 6.07 Å². The number of benzene rings is 1. The lowest BCUT2D eigenvalue weighted by Gasteiger charge is -2.09. The predicted molar refractivity (Wildman–Crippen MR) is 86.0 cm³/mol. The van der Waals surface area contributed by atoms with Crippen molar-refractivity contribution in [2.24, 2.45) is 0 Å². The number of aryl methyl sites for hydroxylation is 3. The second-order valence-corrected chi connectivity index (χ2v) is 9.20. The Morgan fingerprint density at radius 3 is 2.65 bits per heavy atom. The lowest BCUT2D eigenvalue weighted by atomic mass is 10.1. The summed E-state index contributed by atoms with van der Waals surface area (Å²) >= 11 is 4.75. The van der Waals surface area contributed by atoms with Crippen LogP contribution in [0.25, 0.3) is 0 Å². The van der Waals surface area contributed by atoms with Gasteiger partial charge in [0.25, 0.3) is 10.0 Å². The van der Waals surface area contributed by atoms with E-state index in [1.807, 2.05) is 25.1 Å².